The number of fused-ring (bicyclic) bond motifs is 2. The molecule has 3 heterocycles. The van der Waals surface area contributed by atoms with Crippen LogP contribution in [0.25, 0.3) is 10.8 Å². The average Bonchev–Trinajstić information content (AvgIpc) is 3.26. The Kier molecular flexibility index (Phi) is 6.30. The summed E-state index contributed by atoms with van der Waals surface area (Å²) in [4.78, 5) is 34.8. The zero-order valence-electron chi connectivity index (χ0n) is 19.0. The third-order valence-corrected chi connectivity index (χ3v) is 9.62. The van der Waals surface area contributed by atoms with Gasteiger partial charge in [0.25, 0.3) is 5.91 Å². The lowest BCUT2D eigenvalue weighted by Crippen LogP contribution is -2.60. The van der Waals surface area contributed by atoms with Gasteiger partial charge >= 0.3 is 0 Å². The van der Waals surface area contributed by atoms with E-state index in [0.29, 0.717) is 10.0 Å². The minimum Gasteiger partial charge on any atom is -0.368 e. The van der Waals surface area contributed by atoms with Crippen LogP contribution in [0.4, 0.5) is 0 Å². The third-order valence-electron chi connectivity index (χ3n) is 6.45. The van der Waals surface area contributed by atoms with E-state index in [-0.39, 0.29) is 24.5 Å². The third kappa shape index (κ3) is 4.54. The van der Waals surface area contributed by atoms with Crippen molar-refractivity contribution in [3.05, 3.63) is 57.0 Å². The Morgan fingerprint density at radius 2 is 1.86 bits per heavy atom. The quantitative estimate of drug-likeness (QED) is 0.548. The molecule has 12 heteroatoms. The van der Waals surface area contributed by atoms with Crippen LogP contribution in [-0.4, -0.2) is 78.6 Å². The fraction of sp³-hybridized carbons (Fsp3) is 0.348. The number of thiazole rings is 1. The van der Waals surface area contributed by atoms with E-state index < -0.39 is 27.9 Å². The van der Waals surface area contributed by atoms with E-state index in [2.05, 4.69) is 9.88 Å². The minimum atomic E-state index is -3.92. The van der Waals surface area contributed by atoms with Gasteiger partial charge in [0.1, 0.15) is 6.04 Å². The van der Waals surface area contributed by atoms with Gasteiger partial charge in [0.15, 0.2) is 5.01 Å². The molecule has 184 valence electrons. The zero-order chi connectivity index (χ0) is 24.9. The van der Waals surface area contributed by atoms with Crippen molar-refractivity contribution in [2.75, 3.05) is 33.2 Å². The topological polar surface area (TPSA) is 117 Å². The lowest BCUT2D eigenvalue weighted by Gasteiger charge is -2.38. The predicted molar refractivity (Wildman–Crippen MR) is 134 cm³/mol. The molecule has 2 amide bonds. The van der Waals surface area contributed by atoms with Crippen molar-refractivity contribution < 1.29 is 18.0 Å². The van der Waals surface area contributed by atoms with E-state index in [9.17, 15) is 18.0 Å². The highest BCUT2D eigenvalue weighted by Crippen LogP contribution is 2.29. The van der Waals surface area contributed by atoms with Crippen molar-refractivity contribution >= 4 is 55.5 Å². The molecule has 3 aromatic rings. The van der Waals surface area contributed by atoms with Crippen LogP contribution < -0.4 is 5.73 Å². The fourth-order valence-corrected chi connectivity index (χ4v) is 7.30. The summed E-state index contributed by atoms with van der Waals surface area (Å²) >= 11 is 7.35. The van der Waals surface area contributed by atoms with Gasteiger partial charge in [-0.2, -0.15) is 4.31 Å². The number of likely N-dealkylation sites (N-methyl/N-ethyl adjacent to an activating group) is 1. The van der Waals surface area contributed by atoms with E-state index in [1.165, 1.54) is 26.6 Å². The number of rotatable bonds is 4. The fourth-order valence-electron chi connectivity index (χ4n) is 4.50. The number of hydrogen-bond donors (Lipinski definition) is 1. The molecule has 2 aliphatic heterocycles. The second-order valence-corrected chi connectivity index (χ2v) is 12.3. The van der Waals surface area contributed by atoms with Crippen LogP contribution in [0.1, 0.15) is 20.4 Å². The summed E-state index contributed by atoms with van der Waals surface area (Å²) in [6.07, 6.45) is 0.763. The summed E-state index contributed by atoms with van der Waals surface area (Å²) in [6, 6.07) is 8.91. The predicted octanol–water partition coefficient (Wildman–Crippen LogP) is 1.94. The number of hydrogen-bond acceptors (Lipinski definition) is 7. The molecule has 1 aromatic heterocycles. The summed E-state index contributed by atoms with van der Waals surface area (Å²) in [5.41, 5.74) is 6.54. The summed E-state index contributed by atoms with van der Waals surface area (Å²) in [6.45, 7) is 1.47. The molecule has 9 nitrogen and oxygen atoms in total. The Balaban J connectivity index is 1.39. The van der Waals surface area contributed by atoms with Gasteiger partial charge in [-0.1, -0.05) is 23.7 Å². The van der Waals surface area contributed by atoms with Crippen molar-refractivity contribution in [3.63, 3.8) is 0 Å². The van der Waals surface area contributed by atoms with Crippen molar-refractivity contribution in [2.45, 2.75) is 23.9 Å². The summed E-state index contributed by atoms with van der Waals surface area (Å²) < 4.78 is 28.0. The molecule has 0 spiro atoms. The van der Waals surface area contributed by atoms with E-state index in [1.807, 2.05) is 7.05 Å². The number of nitrogens with two attached hydrogens (primary N) is 1. The Hall–Kier alpha value is -2.57. The maximum absolute atomic E-state index is 13.4. The minimum absolute atomic E-state index is 0.0407. The molecule has 1 unspecified atom stereocenters. The highest BCUT2D eigenvalue weighted by Gasteiger charge is 2.40. The molecule has 1 saturated heterocycles. The zero-order valence-corrected chi connectivity index (χ0v) is 21.4. The van der Waals surface area contributed by atoms with Crippen LogP contribution in [0.5, 0.6) is 0 Å². The standard InChI is InChI=1S/C23H24ClN5O4S2/c1-27-7-6-18-20(13-27)34-22(26-18)23(31)29-9-8-28(12-19(29)21(25)30)35(32,33)17-5-3-14-10-16(24)4-2-15(14)11-17/h2-5,10-11,19H,6-9,12-13H2,1H3,(H2,25,30). The van der Waals surface area contributed by atoms with Crippen LogP contribution in [0.2, 0.25) is 5.02 Å². The van der Waals surface area contributed by atoms with Gasteiger partial charge in [-0.25, -0.2) is 13.4 Å². The lowest BCUT2D eigenvalue weighted by molar-refractivity contribution is -0.123. The highest BCUT2D eigenvalue weighted by atomic mass is 35.5. The lowest BCUT2D eigenvalue weighted by atomic mass is 10.1. The molecule has 2 aliphatic rings. The maximum atomic E-state index is 13.4. The number of carbonyl (C=O) groups is 2. The number of carbonyl (C=O) groups excluding carboxylic acids is 2. The number of primary amides is 1. The molecule has 0 saturated carbocycles. The van der Waals surface area contributed by atoms with Crippen molar-refractivity contribution in [3.8, 4) is 0 Å². The number of halogens is 1. The summed E-state index contributed by atoms with van der Waals surface area (Å²) in [7, 11) is -1.90. The first-order valence-electron chi connectivity index (χ1n) is 11.1. The van der Waals surface area contributed by atoms with Gasteiger partial charge in [0.2, 0.25) is 15.9 Å². The van der Waals surface area contributed by atoms with Crippen LogP contribution in [0.3, 0.4) is 0 Å². The summed E-state index contributed by atoms with van der Waals surface area (Å²) in [5.74, 6) is -1.15. The van der Waals surface area contributed by atoms with Crippen molar-refractivity contribution in [2.24, 2.45) is 5.73 Å². The molecule has 1 fully saturated rings. The van der Waals surface area contributed by atoms with Crippen molar-refractivity contribution in [1.29, 1.82) is 0 Å². The number of nitrogens with zero attached hydrogens (tertiary/aromatic N) is 4. The Morgan fingerprint density at radius 3 is 2.63 bits per heavy atom. The Morgan fingerprint density at radius 1 is 1.11 bits per heavy atom. The van der Waals surface area contributed by atoms with Crippen molar-refractivity contribution in [1.82, 2.24) is 19.1 Å². The molecule has 2 N–H and O–H groups in total. The average molecular weight is 534 g/mol. The number of benzene rings is 2. The van der Waals surface area contributed by atoms with Crippen LogP contribution in [-0.2, 0) is 27.8 Å². The van der Waals surface area contributed by atoms with E-state index in [0.717, 1.165) is 40.9 Å². The van der Waals surface area contributed by atoms with Crippen LogP contribution >= 0.6 is 22.9 Å². The number of amides is 2. The number of aromatic nitrogens is 1. The molecule has 0 radical (unpaired) electrons. The molecule has 0 bridgehead atoms. The summed E-state index contributed by atoms with van der Waals surface area (Å²) in [5, 5.41) is 2.42. The second-order valence-electron chi connectivity index (χ2n) is 8.81. The molecule has 1 atom stereocenters. The van der Waals surface area contributed by atoms with Gasteiger partial charge < -0.3 is 15.5 Å². The monoisotopic (exact) mass is 533 g/mol. The van der Waals surface area contributed by atoms with E-state index in [1.54, 1.807) is 30.3 Å². The Labute approximate surface area is 212 Å². The Bertz CT molecular complexity index is 1440. The normalized spacial score (nSPS) is 19.6. The molecular formula is C23H24ClN5O4S2. The second kappa shape index (κ2) is 9.14. The van der Waals surface area contributed by atoms with Crippen LogP contribution in [0.15, 0.2) is 41.3 Å². The molecule has 35 heavy (non-hydrogen) atoms. The molecule has 5 rings (SSSR count). The molecule has 2 aromatic carbocycles. The molecule has 0 aliphatic carbocycles. The van der Waals surface area contributed by atoms with Gasteiger partial charge in [-0.05, 0) is 42.1 Å². The maximum Gasteiger partial charge on any atom is 0.283 e. The number of sulfonamides is 1. The largest absolute Gasteiger partial charge is 0.368 e. The van der Waals surface area contributed by atoms with E-state index in [4.69, 9.17) is 17.3 Å². The highest BCUT2D eigenvalue weighted by molar-refractivity contribution is 7.89. The van der Waals surface area contributed by atoms with Gasteiger partial charge in [-0.3, -0.25) is 9.59 Å². The molecular weight excluding hydrogens is 510 g/mol. The van der Waals surface area contributed by atoms with Gasteiger partial charge in [0.05, 0.1) is 10.6 Å². The smallest absolute Gasteiger partial charge is 0.283 e. The first kappa shape index (κ1) is 24.1. The number of piperazine rings is 1. The van der Waals surface area contributed by atoms with Gasteiger partial charge in [0, 0.05) is 49.0 Å². The first-order valence-corrected chi connectivity index (χ1v) is 13.7. The SMILES string of the molecule is CN1CCc2nc(C(=O)N3CCN(S(=O)(=O)c4ccc5cc(Cl)ccc5c4)CC3C(N)=O)sc2C1. The van der Waals surface area contributed by atoms with Crippen LogP contribution in [0, 0.1) is 0 Å². The van der Waals surface area contributed by atoms with E-state index >= 15 is 0 Å². The van der Waals surface area contributed by atoms with Gasteiger partial charge in [-0.15, -0.1) is 11.3 Å². The first-order chi connectivity index (χ1) is 16.6.